The number of ether oxygens (including phenoxy) is 2. The zero-order chi connectivity index (χ0) is 24.2. The maximum absolute atomic E-state index is 14.2. The van der Waals surface area contributed by atoms with Gasteiger partial charge >= 0.3 is 0 Å². The third kappa shape index (κ3) is 5.02. The monoisotopic (exact) mass is 456 g/mol. The van der Waals surface area contributed by atoms with Gasteiger partial charge in [-0.1, -0.05) is 19.9 Å². The first kappa shape index (κ1) is 22.9. The molecule has 2 heterocycles. The van der Waals surface area contributed by atoms with Crippen molar-refractivity contribution >= 4 is 5.69 Å². The Morgan fingerprint density at radius 3 is 2.44 bits per heavy atom. The summed E-state index contributed by atoms with van der Waals surface area (Å²) in [4.78, 5) is 4.23. The van der Waals surface area contributed by atoms with Crippen molar-refractivity contribution in [2.45, 2.75) is 33.3 Å². The summed E-state index contributed by atoms with van der Waals surface area (Å²) < 4.78 is 27.5. The SMILES string of the molecule is Cc1ccc(COc2cc(F)cc(Oc3ccc(-n4cc(C(C)C)c(N)c4C#N)cc3)c2)cn1. The highest BCUT2D eigenvalue weighted by Gasteiger charge is 2.16. The van der Waals surface area contributed by atoms with Gasteiger partial charge in [-0.3, -0.25) is 4.98 Å². The number of anilines is 1. The van der Waals surface area contributed by atoms with E-state index in [4.69, 9.17) is 15.2 Å². The zero-order valence-corrected chi connectivity index (χ0v) is 19.2. The van der Waals surface area contributed by atoms with Gasteiger partial charge in [0.15, 0.2) is 0 Å². The molecule has 0 aliphatic carbocycles. The van der Waals surface area contributed by atoms with Gasteiger partial charge in [0.2, 0.25) is 0 Å². The Labute approximate surface area is 198 Å². The Balaban J connectivity index is 1.50. The molecule has 6 nitrogen and oxygen atoms in total. The van der Waals surface area contributed by atoms with Crippen LogP contribution in [-0.4, -0.2) is 9.55 Å². The van der Waals surface area contributed by atoms with Crippen LogP contribution in [0.25, 0.3) is 5.69 Å². The number of pyridine rings is 1. The molecule has 0 saturated heterocycles. The van der Waals surface area contributed by atoms with Crippen molar-refractivity contribution < 1.29 is 13.9 Å². The summed E-state index contributed by atoms with van der Waals surface area (Å²) in [6, 6.07) is 17.4. The molecule has 34 heavy (non-hydrogen) atoms. The maximum atomic E-state index is 14.2. The first-order valence-electron chi connectivity index (χ1n) is 10.9. The van der Waals surface area contributed by atoms with Crippen molar-refractivity contribution in [3.63, 3.8) is 0 Å². The van der Waals surface area contributed by atoms with Gasteiger partial charge in [0.1, 0.15) is 41.4 Å². The number of aromatic nitrogens is 2. The van der Waals surface area contributed by atoms with E-state index in [1.165, 1.54) is 12.1 Å². The summed E-state index contributed by atoms with van der Waals surface area (Å²) in [5.74, 6) is 0.923. The molecule has 0 spiro atoms. The van der Waals surface area contributed by atoms with Crippen LogP contribution in [0.15, 0.2) is 67.0 Å². The average Bonchev–Trinajstić information content (AvgIpc) is 3.15. The predicted molar refractivity (Wildman–Crippen MR) is 129 cm³/mol. The smallest absolute Gasteiger partial charge is 0.148 e. The molecule has 7 heteroatoms. The number of nitrogens with zero attached hydrogens (tertiary/aromatic N) is 3. The van der Waals surface area contributed by atoms with Crippen LogP contribution < -0.4 is 15.2 Å². The lowest BCUT2D eigenvalue weighted by molar-refractivity contribution is 0.302. The Morgan fingerprint density at radius 1 is 1.06 bits per heavy atom. The molecule has 4 rings (SSSR count). The van der Waals surface area contributed by atoms with Crippen LogP contribution in [0.1, 0.15) is 42.3 Å². The maximum Gasteiger partial charge on any atom is 0.148 e. The summed E-state index contributed by atoms with van der Waals surface area (Å²) >= 11 is 0. The second kappa shape index (κ2) is 9.67. The van der Waals surface area contributed by atoms with Crippen LogP contribution in [0.4, 0.5) is 10.1 Å². The summed E-state index contributed by atoms with van der Waals surface area (Å²) in [5, 5.41) is 9.56. The fourth-order valence-electron chi connectivity index (χ4n) is 3.56. The Morgan fingerprint density at radius 2 is 1.79 bits per heavy atom. The van der Waals surface area contributed by atoms with Gasteiger partial charge in [0.25, 0.3) is 0 Å². The molecule has 0 saturated carbocycles. The van der Waals surface area contributed by atoms with E-state index in [-0.39, 0.29) is 12.5 Å². The van der Waals surface area contributed by atoms with E-state index in [1.54, 1.807) is 29.0 Å². The van der Waals surface area contributed by atoms with Crippen molar-refractivity contribution in [2.24, 2.45) is 0 Å². The van der Waals surface area contributed by atoms with Gasteiger partial charge in [0.05, 0.1) is 5.69 Å². The van der Waals surface area contributed by atoms with E-state index in [2.05, 4.69) is 11.1 Å². The molecule has 0 bridgehead atoms. The molecule has 2 aromatic heterocycles. The predicted octanol–water partition coefficient (Wildman–Crippen LogP) is 6.27. The molecular formula is C27H25FN4O2. The number of nitriles is 1. The minimum atomic E-state index is -0.464. The van der Waals surface area contributed by atoms with Crippen LogP contribution in [0, 0.1) is 24.1 Å². The van der Waals surface area contributed by atoms with Crippen LogP contribution in [-0.2, 0) is 6.61 Å². The summed E-state index contributed by atoms with van der Waals surface area (Å²) in [6.45, 7) is 6.24. The first-order valence-corrected chi connectivity index (χ1v) is 10.9. The summed E-state index contributed by atoms with van der Waals surface area (Å²) in [6.07, 6.45) is 3.61. The van der Waals surface area contributed by atoms with Crippen LogP contribution in [0.3, 0.4) is 0 Å². The molecule has 0 aliphatic rings. The molecule has 2 aromatic carbocycles. The molecule has 0 unspecified atom stereocenters. The number of nitrogens with two attached hydrogens (primary N) is 1. The van der Waals surface area contributed by atoms with Crippen molar-refractivity contribution in [1.82, 2.24) is 9.55 Å². The summed E-state index contributed by atoms with van der Waals surface area (Å²) in [7, 11) is 0. The van der Waals surface area contributed by atoms with Crippen molar-refractivity contribution in [3.05, 3.63) is 95.3 Å². The number of rotatable bonds is 7. The third-order valence-corrected chi connectivity index (χ3v) is 5.38. The lowest BCUT2D eigenvalue weighted by Gasteiger charge is -2.11. The van der Waals surface area contributed by atoms with Gasteiger partial charge in [0, 0.05) is 47.5 Å². The number of nitrogen functional groups attached to an aromatic ring is 1. The fraction of sp³-hybridized carbons (Fsp3) is 0.185. The van der Waals surface area contributed by atoms with E-state index in [0.29, 0.717) is 28.6 Å². The molecule has 4 aromatic rings. The number of benzene rings is 2. The number of aryl methyl sites for hydroxylation is 1. The highest BCUT2D eigenvalue weighted by molar-refractivity contribution is 5.62. The standard InChI is InChI=1S/C27H25FN4O2/c1-17(2)25-15-32(26(13-29)27(25)30)21-6-8-22(9-7-21)34-24-11-20(28)10-23(12-24)33-16-19-5-4-18(3)31-14-19/h4-12,14-15,17H,16,30H2,1-3H3. The largest absolute Gasteiger partial charge is 0.489 e. The van der Waals surface area contributed by atoms with Gasteiger partial charge < -0.3 is 19.8 Å². The fourth-order valence-corrected chi connectivity index (χ4v) is 3.56. The Kier molecular flexibility index (Phi) is 6.51. The van der Waals surface area contributed by atoms with Crippen LogP contribution in [0.2, 0.25) is 0 Å². The number of hydrogen-bond acceptors (Lipinski definition) is 5. The normalized spacial score (nSPS) is 10.8. The van der Waals surface area contributed by atoms with E-state index >= 15 is 0 Å². The topological polar surface area (TPSA) is 86.1 Å². The first-order chi connectivity index (χ1) is 16.3. The molecule has 172 valence electrons. The van der Waals surface area contributed by atoms with Gasteiger partial charge in [-0.15, -0.1) is 0 Å². The second-order valence-electron chi connectivity index (χ2n) is 8.30. The Hall–Kier alpha value is -4.31. The van der Waals surface area contributed by atoms with E-state index in [9.17, 15) is 9.65 Å². The molecule has 2 N–H and O–H groups in total. The van der Waals surface area contributed by atoms with Gasteiger partial charge in [-0.05, 0) is 48.7 Å². The zero-order valence-electron chi connectivity index (χ0n) is 19.2. The molecule has 0 fully saturated rings. The molecule has 0 aliphatic heterocycles. The number of hydrogen-bond donors (Lipinski definition) is 1. The highest BCUT2D eigenvalue weighted by atomic mass is 19.1. The third-order valence-electron chi connectivity index (χ3n) is 5.38. The minimum Gasteiger partial charge on any atom is -0.489 e. The van der Waals surface area contributed by atoms with Crippen molar-refractivity contribution in [2.75, 3.05) is 5.73 Å². The van der Waals surface area contributed by atoms with Gasteiger partial charge in [-0.25, -0.2) is 4.39 Å². The second-order valence-corrected chi connectivity index (χ2v) is 8.30. The molecule has 0 atom stereocenters. The minimum absolute atomic E-state index is 0.197. The molecule has 0 amide bonds. The molecular weight excluding hydrogens is 431 g/mol. The van der Waals surface area contributed by atoms with Crippen LogP contribution in [0.5, 0.6) is 17.2 Å². The average molecular weight is 457 g/mol. The van der Waals surface area contributed by atoms with E-state index in [0.717, 1.165) is 22.5 Å². The van der Waals surface area contributed by atoms with E-state index < -0.39 is 5.82 Å². The van der Waals surface area contributed by atoms with Crippen molar-refractivity contribution in [3.8, 4) is 29.0 Å². The number of halogens is 1. The summed E-state index contributed by atoms with van der Waals surface area (Å²) in [5.41, 5.74) is 10.6. The van der Waals surface area contributed by atoms with Crippen molar-refractivity contribution in [1.29, 1.82) is 5.26 Å². The van der Waals surface area contributed by atoms with Gasteiger partial charge in [-0.2, -0.15) is 5.26 Å². The highest BCUT2D eigenvalue weighted by Crippen LogP contribution is 2.31. The molecule has 0 radical (unpaired) electrons. The lowest BCUT2D eigenvalue weighted by atomic mass is 10.1. The quantitative estimate of drug-likeness (QED) is 0.354. The lowest BCUT2D eigenvalue weighted by Crippen LogP contribution is -1.98. The van der Waals surface area contributed by atoms with E-state index in [1.807, 2.05) is 51.2 Å². The van der Waals surface area contributed by atoms with Crippen LogP contribution >= 0.6 is 0 Å². The Bertz CT molecular complexity index is 1340.